The van der Waals surface area contributed by atoms with Crippen molar-refractivity contribution in [2.45, 2.75) is 32.2 Å². The van der Waals surface area contributed by atoms with Crippen molar-refractivity contribution in [3.63, 3.8) is 0 Å². The standard InChI is InChI=1S/C20H24N6OS2/c1-11-23-20-18(28-11)16(21)17(29-20)19(27)24-13-3-4-14-12(10-13)2-5-15(25-14)26-8-6-22-7-9-26/h2,5,13,22H,3-4,6-10,21H2,1H3,(H,24,27)/t13-/m0/s1. The van der Waals surface area contributed by atoms with E-state index in [2.05, 4.69) is 32.7 Å². The summed E-state index contributed by atoms with van der Waals surface area (Å²) in [4.78, 5) is 26.0. The second-order valence-corrected chi connectivity index (χ2v) is 9.84. The summed E-state index contributed by atoms with van der Waals surface area (Å²) >= 11 is 2.93. The monoisotopic (exact) mass is 428 g/mol. The zero-order valence-electron chi connectivity index (χ0n) is 16.3. The van der Waals surface area contributed by atoms with Crippen molar-refractivity contribution in [3.8, 4) is 0 Å². The average Bonchev–Trinajstić information content (AvgIpc) is 3.25. The number of thiazole rings is 1. The fourth-order valence-corrected chi connectivity index (χ4v) is 6.21. The summed E-state index contributed by atoms with van der Waals surface area (Å²) in [6, 6.07) is 4.41. The molecule has 0 radical (unpaired) electrons. The molecule has 0 aromatic carbocycles. The molecule has 3 aromatic heterocycles. The Morgan fingerprint density at radius 1 is 1.28 bits per heavy atom. The molecule has 1 fully saturated rings. The van der Waals surface area contributed by atoms with Gasteiger partial charge >= 0.3 is 0 Å². The lowest BCUT2D eigenvalue weighted by Crippen LogP contribution is -2.44. The van der Waals surface area contributed by atoms with E-state index in [4.69, 9.17) is 10.7 Å². The van der Waals surface area contributed by atoms with Gasteiger partial charge in [-0.25, -0.2) is 9.97 Å². The third-order valence-electron chi connectivity index (χ3n) is 5.62. The first kappa shape index (κ1) is 18.8. The summed E-state index contributed by atoms with van der Waals surface area (Å²) < 4.78 is 0.927. The lowest BCUT2D eigenvalue weighted by atomic mass is 9.91. The SMILES string of the molecule is Cc1nc2sc(C(=O)N[C@H]3CCc4nc(N5CCNCC5)ccc4C3)c(N)c2s1. The highest BCUT2D eigenvalue weighted by Crippen LogP contribution is 2.37. The molecular weight excluding hydrogens is 404 g/mol. The molecule has 3 aromatic rings. The van der Waals surface area contributed by atoms with Crippen LogP contribution in [-0.4, -0.2) is 48.1 Å². The number of nitrogens with zero attached hydrogens (tertiary/aromatic N) is 3. The van der Waals surface area contributed by atoms with Crippen LogP contribution in [0.3, 0.4) is 0 Å². The van der Waals surface area contributed by atoms with Gasteiger partial charge < -0.3 is 21.3 Å². The Balaban J connectivity index is 1.28. The maximum absolute atomic E-state index is 12.8. The molecule has 1 saturated heterocycles. The number of fused-ring (bicyclic) bond motifs is 2. The summed E-state index contributed by atoms with van der Waals surface area (Å²) in [5.74, 6) is 0.983. The van der Waals surface area contributed by atoms with E-state index in [0.717, 1.165) is 65.8 Å². The number of aryl methyl sites for hydroxylation is 2. The van der Waals surface area contributed by atoms with Gasteiger partial charge in [-0.3, -0.25) is 4.79 Å². The molecule has 4 heterocycles. The van der Waals surface area contributed by atoms with Crippen LogP contribution in [-0.2, 0) is 12.8 Å². The summed E-state index contributed by atoms with van der Waals surface area (Å²) in [6.07, 6.45) is 2.59. The molecule has 29 heavy (non-hydrogen) atoms. The summed E-state index contributed by atoms with van der Waals surface area (Å²) in [5.41, 5.74) is 9.19. The van der Waals surface area contributed by atoms with E-state index in [1.165, 1.54) is 22.6 Å². The second-order valence-electron chi connectivity index (χ2n) is 7.64. The number of thiophene rings is 1. The number of aromatic nitrogens is 2. The number of nitrogen functional groups attached to an aromatic ring is 1. The van der Waals surface area contributed by atoms with Gasteiger partial charge in [0.25, 0.3) is 5.91 Å². The molecule has 152 valence electrons. The number of rotatable bonds is 3. The lowest BCUT2D eigenvalue weighted by molar-refractivity contribution is 0.0938. The van der Waals surface area contributed by atoms with Gasteiger partial charge in [0, 0.05) is 37.9 Å². The van der Waals surface area contributed by atoms with E-state index >= 15 is 0 Å². The predicted molar refractivity (Wildman–Crippen MR) is 119 cm³/mol. The van der Waals surface area contributed by atoms with Crippen molar-refractivity contribution in [2.24, 2.45) is 0 Å². The van der Waals surface area contributed by atoms with Crippen LogP contribution in [0.2, 0.25) is 0 Å². The van der Waals surface area contributed by atoms with Crippen LogP contribution >= 0.6 is 22.7 Å². The highest BCUT2D eigenvalue weighted by atomic mass is 32.1. The Bertz CT molecular complexity index is 1070. The van der Waals surface area contributed by atoms with Crippen LogP contribution in [0.1, 0.15) is 32.4 Å². The van der Waals surface area contributed by atoms with Gasteiger partial charge in [0.05, 0.1) is 15.4 Å². The van der Waals surface area contributed by atoms with Crippen molar-refractivity contribution < 1.29 is 4.79 Å². The predicted octanol–water partition coefficient (Wildman–Crippen LogP) is 2.34. The van der Waals surface area contributed by atoms with Gasteiger partial charge in [0.2, 0.25) is 0 Å². The van der Waals surface area contributed by atoms with Gasteiger partial charge in [-0.15, -0.1) is 22.7 Å². The topological polar surface area (TPSA) is 96.2 Å². The molecule has 5 rings (SSSR count). The number of carbonyl (C=O) groups excluding carboxylic acids is 1. The van der Waals surface area contributed by atoms with Crippen LogP contribution in [0.4, 0.5) is 11.5 Å². The summed E-state index contributed by atoms with van der Waals surface area (Å²) in [5, 5.41) is 7.53. The van der Waals surface area contributed by atoms with Gasteiger partial charge in [-0.05, 0) is 37.8 Å². The largest absolute Gasteiger partial charge is 0.396 e. The van der Waals surface area contributed by atoms with Crippen LogP contribution in [0.25, 0.3) is 9.53 Å². The van der Waals surface area contributed by atoms with E-state index in [1.807, 2.05) is 6.92 Å². The first-order chi connectivity index (χ1) is 14.1. The number of nitrogens with two attached hydrogens (primary N) is 1. The number of hydrogen-bond acceptors (Lipinski definition) is 8. The number of pyridine rings is 1. The third kappa shape index (κ3) is 3.58. The molecular formula is C20H24N6OS2. The van der Waals surface area contributed by atoms with Crippen LogP contribution in [0, 0.1) is 6.92 Å². The smallest absolute Gasteiger partial charge is 0.263 e. The van der Waals surface area contributed by atoms with Gasteiger partial charge in [-0.2, -0.15) is 0 Å². The van der Waals surface area contributed by atoms with Crippen LogP contribution < -0.4 is 21.3 Å². The summed E-state index contributed by atoms with van der Waals surface area (Å²) in [7, 11) is 0. The molecule has 0 spiro atoms. The number of nitrogens with one attached hydrogen (secondary N) is 2. The fourth-order valence-electron chi connectivity index (χ4n) is 4.11. The molecule has 7 nitrogen and oxygen atoms in total. The first-order valence-corrected chi connectivity index (χ1v) is 11.6. The fraction of sp³-hybridized carbons (Fsp3) is 0.450. The number of amides is 1. The minimum absolute atomic E-state index is 0.0887. The second kappa shape index (κ2) is 7.55. The molecule has 0 unspecified atom stereocenters. The molecule has 4 N–H and O–H groups in total. The van der Waals surface area contributed by atoms with Crippen molar-refractivity contribution in [1.82, 2.24) is 20.6 Å². The zero-order chi connectivity index (χ0) is 20.0. The van der Waals surface area contributed by atoms with Crippen molar-refractivity contribution >= 4 is 49.6 Å². The molecule has 1 amide bonds. The van der Waals surface area contributed by atoms with Gasteiger partial charge in [-0.1, -0.05) is 6.07 Å². The maximum Gasteiger partial charge on any atom is 0.263 e. The number of anilines is 2. The van der Waals surface area contributed by atoms with Gasteiger partial charge in [0.1, 0.15) is 15.5 Å². The van der Waals surface area contributed by atoms with Crippen molar-refractivity contribution in [3.05, 3.63) is 33.3 Å². The molecule has 2 aliphatic rings. The van der Waals surface area contributed by atoms with E-state index in [9.17, 15) is 4.79 Å². The quantitative estimate of drug-likeness (QED) is 0.593. The minimum atomic E-state index is -0.0887. The van der Waals surface area contributed by atoms with E-state index in [0.29, 0.717) is 10.6 Å². The molecule has 9 heteroatoms. The minimum Gasteiger partial charge on any atom is -0.396 e. The van der Waals surface area contributed by atoms with Crippen molar-refractivity contribution in [1.29, 1.82) is 0 Å². The van der Waals surface area contributed by atoms with Crippen LogP contribution in [0.15, 0.2) is 12.1 Å². The first-order valence-electron chi connectivity index (χ1n) is 9.99. The Labute approximate surface area is 177 Å². The molecule has 0 saturated carbocycles. The molecule has 0 bridgehead atoms. The zero-order valence-corrected chi connectivity index (χ0v) is 18.0. The number of carbonyl (C=O) groups is 1. The molecule has 1 aliphatic heterocycles. The maximum atomic E-state index is 12.8. The Morgan fingerprint density at radius 2 is 2.10 bits per heavy atom. The number of hydrogen-bond donors (Lipinski definition) is 3. The molecule has 1 aliphatic carbocycles. The lowest BCUT2D eigenvalue weighted by Gasteiger charge is -2.30. The van der Waals surface area contributed by atoms with E-state index < -0.39 is 0 Å². The van der Waals surface area contributed by atoms with E-state index in [-0.39, 0.29) is 11.9 Å². The van der Waals surface area contributed by atoms with Gasteiger partial charge in [0.15, 0.2) is 0 Å². The Hall–Kier alpha value is -2.23. The highest BCUT2D eigenvalue weighted by Gasteiger charge is 2.25. The number of piperazine rings is 1. The average molecular weight is 429 g/mol. The van der Waals surface area contributed by atoms with Crippen molar-refractivity contribution in [2.75, 3.05) is 36.8 Å². The Morgan fingerprint density at radius 3 is 2.90 bits per heavy atom. The van der Waals surface area contributed by atoms with E-state index in [1.54, 1.807) is 11.3 Å². The summed E-state index contributed by atoms with van der Waals surface area (Å²) in [6.45, 7) is 5.96. The third-order valence-corrected chi connectivity index (χ3v) is 7.85. The molecule has 1 atom stereocenters. The highest BCUT2D eigenvalue weighted by molar-refractivity contribution is 7.29. The van der Waals surface area contributed by atoms with Crippen LogP contribution in [0.5, 0.6) is 0 Å². The normalized spacial score (nSPS) is 19.3. The Kier molecular flexibility index (Phi) is 4.89.